The number of rotatable bonds is 2. The van der Waals surface area contributed by atoms with E-state index >= 15 is 0 Å². The fourth-order valence-electron chi connectivity index (χ4n) is 1.57. The quantitative estimate of drug-likeness (QED) is 0.801. The summed E-state index contributed by atoms with van der Waals surface area (Å²) in [7, 11) is 0. The molecular weight excluding hydrogens is 212 g/mol. The van der Waals surface area contributed by atoms with Crippen LogP contribution in [0.2, 0.25) is 0 Å². The minimum atomic E-state index is 0.398. The molecular formula is C13H14N4. The number of nitrogens with two attached hydrogens (primary N) is 1. The van der Waals surface area contributed by atoms with E-state index in [2.05, 4.69) is 15.0 Å². The first-order valence-corrected chi connectivity index (χ1v) is 5.40. The summed E-state index contributed by atoms with van der Waals surface area (Å²) in [4.78, 5) is 12.6. The predicted molar refractivity (Wildman–Crippen MR) is 70.4 cm³/mol. The number of aliphatic imine (C=N–C) groups is 1. The maximum absolute atomic E-state index is 5.86. The number of aromatic nitrogens is 2. The van der Waals surface area contributed by atoms with Gasteiger partial charge in [-0.15, -0.1) is 0 Å². The van der Waals surface area contributed by atoms with Crippen molar-refractivity contribution in [2.75, 3.05) is 5.73 Å². The summed E-state index contributed by atoms with van der Waals surface area (Å²) in [5.74, 6) is 0.869. The van der Waals surface area contributed by atoms with Crippen molar-refractivity contribution in [3.63, 3.8) is 0 Å². The van der Waals surface area contributed by atoms with Gasteiger partial charge in [0.05, 0.1) is 5.69 Å². The van der Waals surface area contributed by atoms with Gasteiger partial charge in [0.25, 0.3) is 5.95 Å². The number of benzene rings is 1. The van der Waals surface area contributed by atoms with E-state index in [4.69, 9.17) is 5.73 Å². The Kier molecular flexibility index (Phi) is 3.14. The molecule has 1 aromatic carbocycles. The summed E-state index contributed by atoms with van der Waals surface area (Å²) in [6, 6.07) is 9.89. The Balaban J connectivity index is 2.60. The highest BCUT2D eigenvalue weighted by Gasteiger charge is 2.09. The largest absolute Gasteiger partial charge is 0.383 e. The molecule has 0 aliphatic rings. The lowest BCUT2D eigenvalue weighted by Crippen LogP contribution is -1.99. The zero-order chi connectivity index (χ0) is 12.3. The number of nitrogens with zero attached hydrogens (tertiary/aromatic N) is 3. The van der Waals surface area contributed by atoms with Gasteiger partial charge in [-0.2, -0.15) is 4.98 Å². The fourth-order valence-corrected chi connectivity index (χ4v) is 1.57. The molecule has 0 amide bonds. The summed E-state index contributed by atoms with van der Waals surface area (Å²) < 4.78 is 0. The van der Waals surface area contributed by atoms with E-state index in [1.165, 1.54) is 0 Å². The highest BCUT2D eigenvalue weighted by molar-refractivity contribution is 5.69. The van der Waals surface area contributed by atoms with Crippen molar-refractivity contribution in [1.82, 2.24) is 9.97 Å². The van der Waals surface area contributed by atoms with Crippen LogP contribution in [-0.2, 0) is 0 Å². The van der Waals surface area contributed by atoms with E-state index < -0.39 is 0 Å². The van der Waals surface area contributed by atoms with E-state index in [1.807, 2.05) is 44.2 Å². The van der Waals surface area contributed by atoms with Gasteiger partial charge in [0.1, 0.15) is 5.82 Å². The summed E-state index contributed by atoms with van der Waals surface area (Å²) in [5.41, 5.74) is 8.60. The third kappa shape index (κ3) is 2.30. The Bertz CT molecular complexity index is 547. The molecule has 17 heavy (non-hydrogen) atoms. The van der Waals surface area contributed by atoms with E-state index in [0.29, 0.717) is 11.8 Å². The molecule has 4 nitrogen and oxygen atoms in total. The Hall–Kier alpha value is -2.23. The molecule has 0 radical (unpaired) electrons. The summed E-state index contributed by atoms with van der Waals surface area (Å²) in [5, 5.41) is 0. The number of anilines is 1. The molecule has 1 aromatic heterocycles. The normalized spacial score (nSPS) is 10.9. The van der Waals surface area contributed by atoms with Crippen molar-refractivity contribution in [2.24, 2.45) is 4.99 Å². The second-order valence-electron chi connectivity index (χ2n) is 3.64. The molecule has 0 spiro atoms. The van der Waals surface area contributed by atoms with E-state index in [9.17, 15) is 0 Å². The van der Waals surface area contributed by atoms with Gasteiger partial charge in [-0.1, -0.05) is 30.3 Å². The third-order valence-corrected chi connectivity index (χ3v) is 2.46. The number of hydrogen-bond acceptors (Lipinski definition) is 4. The summed E-state index contributed by atoms with van der Waals surface area (Å²) in [6.07, 6.45) is 1.65. The van der Waals surface area contributed by atoms with Crippen molar-refractivity contribution in [3.05, 3.63) is 35.9 Å². The molecule has 0 aliphatic heterocycles. The van der Waals surface area contributed by atoms with Crippen LogP contribution < -0.4 is 5.73 Å². The van der Waals surface area contributed by atoms with Gasteiger partial charge >= 0.3 is 0 Å². The smallest absolute Gasteiger partial charge is 0.251 e. The van der Waals surface area contributed by atoms with Crippen LogP contribution in [0.25, 0.3) is 11.3 Å². The summed E-state index contributed by atoms with van der Waals surface area (Å²) >= 11 is 0. The molecule has 2 rings (SSSR count). The van der Waals surface area contributed by atoms with Crippen LogP contribution in [0.5, 0.6) is 0 Å². The average molecular weight is 226 g/mol. The molecule has 0 aliphatic carbocycles. The van der Waals surface area contributed by atoms with Crippen LogP contribution in [-0.4, -0.2) is 16.2 Å². The topological polar surface area (TPSA) is 64.2 Å². The van der Waals surface area contributed by atoms with Gasteiger partial charge in [-0.25, -0.2) is 9.98 Å². The maximum Gasteiger partial charge on any atom is 0.251 e. The van der Waals surface area contributed by atoms with Crippen LogP contribution in [0, 0.1) is 6.92 Å². The third-order valence-electron chi connectivity index (χ3n) is 2.46. The Labute approximate surface area is 100 Å². The van der Waals surface area contributed by atoms with Crippen molar-refractivity contribution in [3.8, 4) is 11.3 Å². The highest BCUT2D eigenvalue weighted by atomic mass is 15.1. The van der Waals surface area contributed by atoms with Crippen LogP contribution in [0.3, 0.4) is 0 Å². The van der Waals surface area contributed by atoms with Gasteiger partial charge in [-0.05, 0) is 13.8 Å². The van der Waals surface area contributed by atoms with Gasteiger partial charge in [-0.3, -0.25) is 0 Å². The highest BCUT2D eigenvalue weighted by Crippen LogP contribution is 2.25. The Morgan fingerprint density at radius 2 is 1.88 bits per heavy atom. The van der Waals surface area contributed by atoms with Crippen molar-refractivity contribution in [1.29, 1.82) is 0 Å². The first-order chi connectivity index (χ1) is 8.22. The molecule has 0 saturated heterocycles. The van der Waals surface area contributed by atoms with Crippen molar-refractivity contribution < 1.29 is 0 Å². The predicted octanol–water partition coefficient (Wildman–Crippen LogP) is 2.76. The molecule has 0 atom stereocenters. The molecule has 4 heteroatoms. The summed E-state index contributed by atoms with van der Waals surface area (Å²) in [6.45, 7) is 3.73. The Morgan fingerprint density at radius 3 is 2.53 bits per heavy atom. The molecule has 1 heterocycles. The van der Waals surface area contributed by atoms with E-state index in [-0.39, 0.29) is 0 Å². The molecule has 0 saturated carbocycles. The minimum absolute atomic E-state index is 0.398. The van der Waals surface area contributed by atoms with Crippen LogP contribution in [0.4, 0.5) is 11.8 Å². The van der Waals surface area contributed by atoms with Gasteiger partial charge in [0, 0.05) is 17.3 Å². The lowest BCUT2D eigenvalue weighted by atomic mass is 10.1. The van der Waals surface area contributed by atoms with E-state index in [0.717, 1.165) is 16.8 Å². The molecule has 86 valence electrons. The molecule has 2 N–H and O–H groups in total. The standard InChI is InChI=1S/C13H14N4/c1-3-15-13-16-11(9(2)12(14)17-13)10-7-5-4-6-8-10/h3-8H,1-2H3,(H2,14,16,17). The van der Waals surface area contributed by atoms with Crippen LogP contribution in [0.1, 0.15) is 12.5 Å². The van der Waals surface area contributed by atoms with E-state index in [1.54, 1.807) is 6.21 Å². The lowest BCUT2D eigenvalue weighted by Gasteiger charge is -2.07. The zero-order valence-corrected chi connectivity index (χ0v) is 9.88. The van der Waals surface area contributed by atoms with Gasteiger partial charge < -0.3 is 5.73 Å². The second-order valence-corrected chi connectivity index (χ2v) is 3.64. The molecule has 2 aromatic rings. The van der Waals surface area contributed by atoms with Crippen molar-refractivity contribution >= 4 is 18.0 Å². The zero-order valence-electron chi connectivity index (χ0n) is 9.88. The SMILES string of the molecule is CC=Nc1nc(N)c(C)c(-c2ccccc2)n1. The molecule has 0 bridgehead atoms. The molecule has 0 fully saturated rings. The second kappa shape index (κ2) is 4.74. The van der Waals surface area contributed by atoms with Crippen LogP contribution >= 0.6 is 0 Å². The first kappa shape index (κ1) is 11.3. The molecule has 0 unspecified atom stereocenters. The Morgan fingerprint density at radius 1 is 1.18 bits per heavy atom. The lowest BCUT2D eigenvalue weighted by molar-refractivity contribution is 1.12. The van der Waals surface area contributed by atoms with Gasteiger partial charge in [0.2, 0.25) is 0 Å². The monoisotopic (exact) mass is 226 g/mol. The minimum Gasteiger partial charge on any atom is -0.383 e. The van der Waals surface area contributed by atoms with Crippen molar-refractivity contribution in [2.45, 2.75) is 13.8 Å². The number of nitrogen functional groups attached to an aromatic ring is 1. The average Bonchev–Trinajstić information content (AvgIpc) is 2.35. The first-order valence-electron chi connectivity index (χ1n) is 5.40. The fraction of sp³-hybridized carbons (Fsp3) is 0.154. The number of hydrogen-bond donors (Lipinski definition) is 1. The maximum atomic E-state index is 5.86. The van der Waals surface area contributed by atoms with Crippen LogP contribution in [0.15, 0.2) is 35.3 Å². The van der Waals surface area contributed by atoms with Gasteiger partial charge in [0.15, 0.2) is 0 Å².